The summed E-state index contributed by atoms with van der Waals surface area (Å²) in [5.41, 5.74) is 2.39. The molecule has 7 heteroatoms. The Kier molecular flexibility index (Phi) is 3.92. The highest BCUT2D eigenvalue weighted by Crippen LogP contribution is 2.32. The lowest BCUT2D eigenvalue weighted by Gasteiger charge is -2.01. The van der Waals surface area contributed by atoms with Gasteiger partial charge in [0.15, 0.2) is 0 Å². The first-order chi connectivity index (χ1) is 10.5. The first-order valence-electron chi connectivity index (χ1n) is 7.00. The van der Waals surface area contributed by atoms with Gasteiger partial charge < -0.3 is 0 Å². The van der Waals surface area contributed by atoms with Gasteiger partial charge in [0.05, 0.1) is 5.75 Å². The molecule has 0 amide bonds. The summed E-state index contributed by atoms with van der Waals surface area (Å²) >= 11 is 1.39. The molecule has 0 aromatic carbocycles. The van der Waals surface area contributed by atoms with Crippen LogP contribution in [-0.2, 0) is 16.3 Å². The van der Waals surface area contributed by atoms with Gasteiger partial charge in [-0.3, -0.25) is 4.98 Å². The minimum absolute atomic E-state index is 0.148. The Morgan fingerprint density at radius 1 is 1.32 bits per heavy atom. The summed E-state index contributed by atoms with van der Waals surface area (Å²) in [6, 6.07) is 5.32. The Bertz CT molecular complexity index is 933. The molecular formula is C15H16N3O2S2+. The number of fused-ring (bicyclic) bond motifs is 1. The Balaban J connectivity index is 2.20. The van der Waals surface area contributed by atoms with Gasteiger partial charge in [-0.15, -0.1) is 0 Å². The predicted molar refractivity (Wildman–Crippen MR) is 88.9 cm³/mol. The summed E-state index contributed by atoms with van der Waals surface area (Å²) in [5.74, 6) is 0.148. The number of rotatable bonds is 4. The Morgan fingerprint density at radius 3 is 2.86 bits per heavy atom. The lowest BCUT2D eigenvalue weighted by atomic mass is 10.2. The molecule has 0 saturated carbocycles. The molecule has 0 saturated heterocycles. The van der Waals surface area contributed by atoms with Crippen molar-refractivity contribution in [3.05, 3.63) is 36.2 Å². The Labute approximate surface area is 133 Å². The zero-order chi connectivity index (χ0) is 15.7. The molecule has 0 radical (unpaired) electrons. The fourth-order valence-electron chi connectivity index (χ4n) is 2.12. The summed E-state index contributed by atoms with van der Waals surface area (Å²) in [4.78, 5) is 14.4. The first-order valence-corrected chi connectivity index (χ1v) is 9.50. The number of hydrogen-bond donors (Lipinski definition) is 0. The molecule has 0 fully saturated rings. The minimum Gasteiger partial charge on any atom is -0.252 e. The summed E-state index contributed by atoms with van der Waals surface area (Å²) in [5, 5.41) is 0.626. The number of aromatic nitrogens is 3. The molecule has 0 aliphatic heterocycles. The lowest BCUT2D eigenvalue weighted by molar-refractivity contribution is 0.616. The van der Waals surface area contributed by atoms with Crippen LogP contribution in [0.1, 0.15) is 19.4 Å². The molecule has 1 atom stereocenters. The number of pyridine rings is 2. The molecule has 3 aromatic heterocycles. The van der Waals surface area contributed by atoms with Gasteiger partial charge in [-0.1, -0.05) is 18.3 Å². The maximum atomic E-state index is 12.3. The maximum Gasteiger partial charge on any atom is 0.304 e. The van der Waals surface area contributed by atoms with E-state index in [9.17, 15) is 8.42 Å². The van der Waals surface area contributed by atoms with E-state index in [-0.39, 0.29) is 5.75 Å². The largest absolute Gasteiger partial charge is 0.304 e. The van der Waals surface area contributed by atoms with E-state index in [1.165, 1.54) is 11.3 Å². The zero-order valence-electron chi connectivity index (χ0n) is 12.3. The Morgan fingerprint density at radius 2 is 2.14 bits per heavy atom. The first kappa shape index (κ1) is 15.1. The number of thiazole rings is 1. The second-order valence-corrected chi connectivity index (χ2v) is 8.10. The van der Waals surface area contributed by atoms with Crippen LogP contribution in [0.2, 0.25) is 0 Å². The molecule has 22 heavy (non-hydrogen) atoms. The van der Waals surface area contributed by atoms with Gasteiger partial charge >= 0.3 is 9.84 Å². The SMILES string of the molecule is CCc1cnc2sc(-c3ncccc3S(=O)(=[OH+])CC)nc2c1. The van der Waals surface area contributed by atoms with Gasteiger partial charge in [0.25, 0.3) is 0 Å². The van der Waals surface area contributed by atoms with E-state index in [0.29, 0.717) is 15.6 Å². The van der Waals surface area contributed by atoms with Gasteiger partial charge in [-0.2, -0.15) is 4.21 Å². The second kappa shape index (κ2) is 5.73. The van der Waals surface area contributed by atoms with E-state index >= 15 is 0 Å². The van der Waals surface area contributed by atoms with Gasteiger partial charge in [0.1, 0.15) is 25.9 Å². The molecular weight excluding hydrogens is 318 g/mol. The van der Waals surface area contributed by atoms with Crippen LogP contribution in [0.25, 0.3) is 21.0 Å². The fraction of sp³-hybridized carbons (Fsp3) is 0.267. The highest BCUT2D eigenvalue weighted by Gasteiger charge is 2.25. The molecule has 3 aromatic rings. The van der Waals surface area contributed by atoms with Crippen LogP contribution in [0, 0.1) is 0 Å². The van der Waals surface area contributed by atoms with Gasteiger partial charge in [0.2, 0.25) is 0 Å². The third-order valence-electron chi connectivity index (χ3n) is 3.42. The van der Waals surface area contributed by atoms with Gasteiger partial charge in [-0.05, 0) is 37.1 Å². The molecule has 0 bridgehead atoms. The highest BCUT2D eigenvalue weighted by molar-refractivity contribution is 7.91. The summed E-state index contributed by atoms with van der Waals surface area (Å²) in [6.07, 6.45) is 4.34. The molecule has 0 aliphatic carbocycles. The van der Waals surface area contributed by atoms with Crippen molar-refractivity contribution in [2.24, 2.45) is 0 Å². The van der Waals surface area contributed by atoms with Gasteiger partial charge in [0, 0.05) is 12.4 Å². The smallest absolute Gasteiger partial charge is 0.252 e. The highest BCUT2D eigenvalue weighted by atomic mass is 32.2. The van der Waals surface area contributed by atoms with Crippen molar-refractivity contribution in [3.8, 4) is 10.7 Å². The van der Waals surface area contributed by atoms with E-state index in [2.05, 4.69) is 21.9 Å². The van der Waals surface area contributed by atoms with Crippen molar-refractivity contribution in [3.63, 3.8) is 0 Å². The minimum atomic E-state index is -3.09. The second-order valence-electron chi connectivity index (χ2n) is 4.82. The normalized spacial score (nSPS) is 14.1. The molecule has 0 aliphatic rings. The van der Waals surface area contributed by atoms with Crippen molar-refractivity contribution in [2.45, 2.75) is 25.2 Å². The summed E-state index contributed by atoms with van der Waals surface area (Å²) in [7, 11) is -3.09. The molecule has 0 spiro atoms. The van der Waals surface area contributed by atoms with Crippen LogP contribution >= 0.6 is 11.3 Å². The number of hydrogen-bond acceptors (Lipinski definition) is 5. The predicted octanol–water partition coefficient (Wildman–Crippen LogP) is 3.27. The monoisotopic (exact) mass is 334 g/mol. The van der Waals surface area contributed by atoms with Crippen LogP contribution in [0.4, 0.5) is 0 Å². The lowest BCUT2D eigenvalue weighted by Crippen LogP contribution is -2.06. The van der Waals surface area contributed by atoms with E-state index < -0.39 is 9.84 Å². The third-order valence-corrected chi connectivity index (χ3v) is 6.21. The van der Waals surface area contributed by atoms with Crippen molar-refractivity contribution in [1.29, 1.82) is 0 Å². The number of nitrogens with zero attached hydrogens (tertiary/aromatic N) is 3. The molecule has 114 valence electrons. The standard InChI is InChI=1S/C15H15N3O2S2/c1-3-10-8-11-14(17-9-10)21-15(18-11)13-12(6-5-7-16-13)22(19,20)4-2/h5-9H,3-4H2,1-2H3/p+1. The molecule has 1 unspecified atom stereocenters. The van der Waals surface area contributed by atoms with Gasteiger partial charge in [-0.25, -0.2) is 14.2 Å². The van der Waals surface area contributed by atoms with E-state index in [0.717, 1.165) is 22.3 Å². The Hall–Kier alpha value is -1.86. The van der Waals surface area contributed by atoms with Crippen LogP contribution in [0.5, 0.6) is 0 Å². The van der Waals surface area contributed by atoms with Crippen LogP contribution in [0.15, 0.2) is 35.5 Å². The number of aryl methyl sites for hydroxylation is 1. The van der Waals surface area contributed by atoms with Crippen molar-refractivity contribution in [1.82, 2.24) is 15.0 Å². The average molecular weight is 334 g/mol. The summed E-state index contributed by atoms with van der Waals surface area (Å²) in [6.45, 7) is 3.75. The molecule has 3 rings (SSSR count). The summed E-state index contributed by atoms with van der Waals surface area (Å²) < 4.78 is 22.5. The fourth-order valence-corrected chi connectivity index (χ4v) is 4.14. The van der Waals surface area contributed by atoms with Crippen LogP contribution in [0.3, 0.4) is 0 Å². The molecule has 5 nitrogen and oxygen atoms in total. The average Bonchev–Trinajstić information content (AvgIpc) is 2.97. The van der Waals surface area contributed by atoms with E-state index in [1.54, 1.807) is 25.3 Å². The zero-order valence-corrected chi connectivity index (χ0v) is 13.9. The van der Waals surface area contributed by atoms with Crippen LogP contribution < -0.4 is 0 Å². The van der Waals surface area contributed by atoms with E-state index in [1.807, 2.05) is 12.3 Å². The quantitative estimate of drug-likeness (QED) is 0.686. The van der Waals surface area contributed by atoms with E-state index in [4.69, 9.17) is 0 Å². The third kappa shape index (κ3) is 2.62. The van der Waals surface area contributed by atoms with Crippen molar-refractivity contribution >= 4 is 31.5 Å². The van der Waals surface area contributed by atoms with Crippen molar-refractivity contribution in [2.75, 3.05) is 5.75 Å². The van der Waals surface area contributed by atoms with Crippen LogP contribution in [-0.4, -0.2) is 29.1 Å². The maximum absolute atomic E-state index is 12.3. The van der Waals surface area contributed by atoms with Crippen molar-refractivity contribution < 1.29 is 8.42 Å². The molecule has 3 heterocycles. The topological polar surface area (TPSA) is 77.1 Å². The molecule has 1 N–H and O–H groups in total.